The van der Waals surface area contributed by atoms with Crippen LogP contribution in [0.3, 0.4) is 0 Å². The molecule has 0 fully saturated rings. The van der Waals surface area contributed by atoms with E-state index < -0.39 is 5.41 Å². The Bertz CT molecular complexity index is 930. The molecular formula is C65H132O4. The van der Waals surface area contributed by atoms with Crippen LogP contribution in [0, 0.1) is 76.4 Å². The molecule has 0 saturated carbocycles. The average Bonchev–Trinajstić information content (AvgIpc) is 3.27. The van der Waals surface area contributed by atoms with E-state index in [0.29, 0.717) is 37.6 Å². The molecule has 0 bridgehead atoms. The van der Waals surface area contributed by atoms with Crippen molar-refractivity contribution in [1.82, 2.24) is 0 Å². The van der Waals surface area contributed by atoms with E-state index in [9.17, 15) is 5.11 Å². The van der Waals surface area contributed by atoms with Crippen LogP contribution >= 0.6 is 0 Å². The number of aliphatic hydroxyl groups is 1. The maximum absolute atomic E-state index is 10.9. The average molecular weight is 978 g/mol. The highest BCUT2D eigenvalue weighted by atomic mass is 16.5. The van der Waals surface area contributed by atoms with Gasteiger partial charge in [-0.2, -0.15) is 0 Å². The first-order valence-electron chi connectivity index (χ1n) is 31.2. The molecule has 0 aromatic carbocycles. The minimum Gasteiger partial charge on any atom is -0.396 e. The number of aliphatic hydroxyl groups excluding tert-OH is 1. The van der Waals surface area contributed by atoms with Crippen molar-refractivity contribution in [3.05, 3.63) is 0 Å². The Hall–Kier alpha value is -0.160. The van der Waals surface area contributed by atoms with E-state index in [1.807, 2.05) is 0 Å². The zero-order valence-corrected chi connectivity index (χ0v) is 50.3. The minimum absolute atomic E-state index is 0.0332. The van der Waals surface area contributed by atoms with Crippen LogP contribution < -0.4 is 0 Å². The van der Waals surface area contributed by atoms with Crippen LogP contribution in [0.4, 0.5) is 0 Å². The Morgan fingerprint density at radius 3 is 0.565 bits per heavy atom. The molecule has 0 radical (unpaired) electrons. The van der Waals surface area contributed by atoms with Crippen LogP contribution in [0.1, 0.15) is 296 Å². The summed E-state index contributed by atoms with van der Waals surface area (Å²) in [6, 6.07) is 0. The lowest BCUT2D eigenvalue weighted by atomic mass is 9.90. The SMILES string of the molecule is CC(C)CCCC(C)CCCC(C)CCCC(C)CCOCC(CO)(COCCC(C)CCCC(C)CCCC(C)CCCC(C)C)COCCC(C)CCCC(C)CCCC(C)CCCC(C)C. The van der Waals surface area contributed by atoms with Gasteiger partial charge in [-0.3, -0.25) is 0 Å². The van der Waals surface area contributed by atoms with Crippen molar-refractivity contribution in [2.24, 2.45) is 76.4 Å². The van der Waals surface area contributed by atoms with Crippen LogP contribution in [0.15, 0.2) is 0 Å². The molecule has 4 nitrogen and oxygen atoms in total. The van der Waals surface area contributed by atoms with Crippen molar-refractivity contribution < 1.29 is 19.3 Å². The van der Waals surface area contributed by atoms with E-state index in [1.54, 1.807) is 0 Å². The molecule has 0 aliphatic carbocycles. The van der Waals surface area contributed by atoms with Crippen molar-refractivity contribution in [2.45, 2.75) is 296 Å². The number of hydrogen-bond donors (Lipinski definition) is 1. The molecule has 69 heavy (non-hydrogen) atoms. The van der Waals surface area contributed by atoms with Gasteiger partial charge >= 0.3 is 0 Å². The van der Waals surface area contributed by atoms with Gasteiger partial charge in [-0.25, -0.2) is 0 Å². The summed E-state index contributed by atoms with van der Waals surface area (Å²) in [5.41, 5.74) is -0.514. The predicted molar refractivity (Wildman–Crippen MR) is 307 cm³/mol. The lowest BCUT2D eigenvalue weighted by Gasteiger charge is -2.32. The van der Waals surface area contributed by atoms with Crippen LogP contribution in [-0.4, -0.2) is 51.4 Å². The quantitative estimate of drug-likeness (QED) is 0.0617. The summed E-state index contributed by atoms with van der Waals surface area (Å²) in [5, 5.41) is 10.9. The summed E-state index contributed by atoms with van der Waals surface area (Å²) in [7, 11) is 0. The molecular weight excluding hydrogens is 845 g/mol. The zero-order chi connectivity index (χ0) is 51.7. The van der Waals surface area contributed by atoms with Gasteiger partial charge in [-0.05, 0) is 90.3 Å². The number of hydrogen-bond acceptors (Lipinski definition) is 4. The van der Waals surface area contributed by atoms with Crippen LogP contribution in [-0.2, 0) is 14.2 Å². The second-order valence-corrected chi connectivity index (χ2v) is 26.7. The van der Waals surface area contributed by atoms with E-state index in [4.69, 9.17) is 14.2 Å². The van der Waals surface area contributed by atoms with Crippen LogP contribution in [0.2, 0.25) is 0 Å². The fraction of sp³-hybridized carbons (Fsp3) is 1.00. The van der Waals surface area contributed by atoms with E-state index >= 15 is 0 Å². The Morgan fingerprint density at radius 1 is 0.246 bits per heavy atom. The molecule has 9 unspecified atom stereocenters. The normalized spacial score (nSPS) is 17.3. The first kappa shape index (κ1) is 68.8. The van der Waals surface area contributed by atoms with Gasteiger partial charge in [0.2, 0.25) is 0 Å². The van der Waals surface area contributed by atoms with Gasteiger partial charge in [0.1, 0.15) is 0 Å². The monoisotopic (exact) mass is 977 g/mol. The third kappa shape index (κ3) is 45.0. The highest BCUT2D eigenvalue weighted by molar-refractivity contribution is 4.79. The van der Waals surface area contributed by atoms with E-state index in [2.05, 4.69) is 104 Å². The highest BCUT2D eigenvalue weighted by Gasteiger charge is 2.31. The van der Waals surface area contributed by atoms with Crippen molar-refractivity contribution in [3.8, 4) is 0 Å². The fourth-order valence-corrected chi connectivity index (χ4v) is 10.8. The molecule has 4 heteroatoms. The second-order valence-electron chi connectivity index (χ2n) is 26.7. The largest absolute Gasteiger partial charge is 0.396 e. The third-order valence-corrected chi connectivity index (χ3v) is 16.6. The van der Waals surface area contributed by atoms with Crippen molar-refractivity contribution in [3.63, 3.8) is 0 Å². The van der Waals surface area contributed by atoms with E-state index in [-0.39, 0.29) is 6.61 Å². The Balaban J connectivity index is 4.83. The zero-order valence-electron chi connectivity index (χ0n) is 50.3. The topological polar surface area (TPSA) is 47.9 Å². The van der Waals surface area contributed by atoms with Crippen molar-refractivity contribution >= 4 is 0 Å². The molecule has 0 saturated heterocycles. The maximum atomic E-state index is 10.9. The molecule has 0 aromatic heterocycles. The molecule has 0 aromatic rings. The van der Waals surface area contributed by atoms with Gasteiger partial charge in [-0.1, -0.05) is 277 Å². The summed E-state index contributed by atoms with van der Waals surface area (Å²) >= 11 is 0. The lowest BCUT2D eigenvalue weighted by Crippen LogP contribution is -2.41. The van der Waals surface area contributed by atoms with Crippen molar-refractivity contribution in [1.29, 1.82) is 0 Å². The molecule has 0 aliphatic rings. The van der Waals surface area contributed by atoms with Gasteiger partial charge in [0.15, 0.2) is 0 Å². The van der Waals surface area contributed by atoms with E-state index in [0.717, 1.165) is 92.3 Å². The maximum Gasteiger partial charge on any atom is 0.0635 e. The first-order chi connectivity index (χ1) is 32.9. The van der Waals surface area contributed by atoms with Crippen LogP contribution in [0.25, 0.3) is 0 Å². The van der Waals surface area contributed by atoms with Gasteiger partial charge in [0.25, 0.3) is 0 Å². The Kier molecular flexibility index (Phi) is 45.1. The molecule has 0 amide bonds. The first-order valence-corrected chi connectivity index (χ1v) is 31.2. The fourth-order valence-electron chi connectivity index (χ4n) is 10.8. The van der Waals surface area contributed by atoms with E-state index in [1.165, 1.54) is 173 Å². The molecule has 0 rings (SSSR count). The lowest BCUT2D eigenvalue weighted by molar-refractivity contribution is -0.0958. The Labute approximate surface area is 436 Å². The molecule has 0 heterocycles. The van der Waals surface area contributed by atoms with Crippen LogP contribution in [0.5, 0.6) is 0 Å². The predicted octanol–water partition coefficient (Wildman–Crippen LogP) is 20.4. The number of ether oxygens (including phenoxy) is 3. The molecule has 9 atom stereocenters. The molecule has 0 aliphatic heterocycles. The standard InChI is InChI=1S/C65H132O4/c1-53(2)25-16-28-56(7)31-19-34-59(10)37-22-40-62(13)43-46-67-50-65(49-66,51-68-47-44-63(14)41-23-38-60(11)35-20-32-57(8)29-17-26-54(3)4)52-69-48-45-64(15)42-24-39-61(12)36-21-33-58(9)30-18-27-55(5)6/h53-64,66H,16-52H2,1-15H3. The summed E-state index contributed by atoms with van der Waals surface area (Å²) < 4.78 is 19.3. The summed E-state index contributed by atoms with van der Waals surface area (Å²) in [6.45, 7) is 39.8. The Morgan fingerprint density at radius 2 is 0.406 bits per heavy atom. The van der Waals surface area contributed by atoms with Gasteiger partial charge < -0.3 is 19.3 Å². The molecule has 416 valence electrons. The molecule has 0 spiro atoms. The summed E-state index contributed by atoms with van der Waals surface area (Å²) in [5.74, 6) is 9.61. The van der Waals surface area contributed by atoms with Gasteiger partial charge in [0, 0.05) is 19.8 Å². The second kappa shape index (κ2) is 45.3. The summed E-state index contributed by atoms with van der Waals surface area (Å²) in [4.78, 5) is 0. The smallest absolute Gasteiger partial charge is 0.0635 e. The van der Waals surface area contributed by atoms with Gasteiger partial charge in [0.05, 0.1) is 31.8 Å². The third-order valence-electron chi connectivity index (χ3n) is 16.6. The van der Waals surface area contributed by atoms with Gasteiger partial charge in [-0.15, -0.1) is 0 Å². The summed E-state index contributed by atoms with van der Waals surface area (Å²) in [6.07, 6.45) is 40.1. The van der Waals surface area contributed by atoms with Crippen molar-refractivity contribution in [2.75, 3.05) is 46.2 Å². The molecule has 1 N–H and O–H groups in total. The highest BCUT2D eigenvalue weighted by Crippen LogP contribution is 2.27. The number of rotatable bonds is 52. The minimum atomic E-state index is -0.514.